The van der Waals surface area contributed by atoms with E-state index < -0.39 is 0 Å². The van der Waals surface area contributed by atoms with Gasteiger partial charge in [-0.1, -0.05) is 76.6 Å². The molecule has 19 heavy (non-hydrogen) atoms. The van der Waals surface area contributed by atoms with E-state index >= 15 is 0 Å². The van der Waals surface area contributed by atoms with Crippen LogP contribution in [-0.2, 0) is 6.42 Å². The Balaban J connectivity index is 2.31. The Morgan fingerprint density at radius 3 is 2.11 bits per heavy atom. The molecule has 1 rings (SSSR count). The molecule has 108 valence electrons. The summed E-state index contributed by atoms with van der Waals surface area (Å²) in [6.45, 7) is 4.48. The lowest BCUT2D eigenvalue weighted by atomic mass is 9.98. The summed E-state index contributed by atoms with van der Waals surface area (Å²) in [6.07, 6.45) is 10.6. The molecule has 0 saturated carbocycles. The number of hydrogen-bond donors (Lipinski definition) is 1. The fraction of sp³-hybridized carbons (Fsp3) is 0.667. The molecule has 1 aromatic carbocycles. The van der Waals surface area contributed by atoms with Crippen molar-refractivity contribution >= 4 is 0 Å². The van der Waals surface area contributed by atoms with Crippen LogP contribution in [0.1, 0.15) is 76.0 Å². The molecule has 1 heteroatoms. The molecule has 0 spiro atoms. The molecule has 0 aliphatic heterocycles. The molecule has 0 aliphatic carbocycles. The van der Waals surface area contributed by atoms with E-state index in [-0.39, 0.29) is 0 Å². The molecule has 0 radical (unpaired) electrons. The lowest BCUT2D eigenvalue weighted by molar-refractivity contribution is 0.498. The summed E-state index contributed by atoms with van der Waals surface area (Å²) < 4.78 is 0. The molecule has 1 nitrogen and oxygen atoms in total. The number of nitrogens with one attached hydrogen (secondary N) is 1. The normalized spacial score (nSPS) is 12.6. The van der Waals surface area contributed by atoms with Gasteiger partial charge in [0.15, 0.2) is 0 Å². The van der Waals surface area contributed by atoms with Crippen molar-refractivity contribution < 1.29 is 0 Å². The lowest BCUT2D eigenvalue weighted by Gasteiger charge is -2.17. The van der Waals surface area contributed by atoms with Crippen LogP contribution in [0.25, 0.3) is 0 Å². The molecular weight excluding hydrogens is 230 g/mol. The highest BCUT2D eigenvalue weighted by Crippen LogP contribution is 2.20. The van der Waals surface area contributed by atoms with Crippen molar-refractivity contribution in [3.8, 4) is 0 Å². The predicted octanol–water partition coefficient (Wildman–Crippen LogP) is 5.26. The van der Waals surface area contributed by atoms with Gasteiger partial charge in [-0.25, -0.2) is 0 Å². The summed E-state index contributed by atoms with van der Waals surface area (Å²) in [5.41, 5.74) is 2.87. The van der Waals surface area contributed by atoms with Gasteiger partial charge in [-0.2, -0.15) is 0 Å². The molecule has 0 aromatic heterocycles. The summed E-state index contributed by atoms with van der Waals surface area (Å²) in [5.74, 6) is 0. The molecule has 1 aromatic rings. The van der Waals surface area contributed by atoms with E-state index in [0.717, 1.165) is 6.42 Å². The van der Waals surface area contributed by atoms with E-state index in [1.807, 2.05) is 0 Å². The van der Waals surface area contributed by atoms with Gasteiger partial charge in [-0.15, -0.1) is 0 Å². The Morgan fingerprint density at radius 2 is 1.53 bits per heavy atom. The lowest BCUT2D eigenvalue weighted by Crippen LogP contribution is -2.16. The van der Waals surface area contributed by atoms with Crippen LogP contribution in [0.3, 0.4) is 0 Å². The molecule has 0 aliphatic rings. The third kappa shape index (κ3) is 6.24. The number of rotatable bonds is 10. The zero-order valence-corrected chi connectivity index (χ0v) is 13.0. The number of aryl methyl sites for hydroxylation is 1. The second kappa shape index (κ2) is 10.0. The van der Waals surface area contributed by atoms with Crippen molar-refractivity contribution in [1.29, 1.82) is 0 Å². The van der Waals surface area contributed by atoms with Crippen molar-refractivity contribution in [1.82, 2.24) is 5.32 Å². The largest absolute Gasteiger partial charge is 0.313 e. The van der Waals surface area contributed by atoms with E-state index in [0.29, 0.717) is 6.04 Å². The Labute approximate surface area is 119 Å². The van der Waals surface area contributed by atoms with E-state index in [2.05, 4.69) is 50.5 Å². The smallest absolute Gasteiger partial charge is 0.0317 e. The molecule has 1 N–H and O–H groups in total. The minimum Gasteiger partial charge on any atom is -0.313 e. The Morgan fingerprint density at radius 1 is 0.895 bits per heavy atom. The third-order valence-electron chi connectivity index (χ3n) is 3.99. The van der Waals surface area contributed by atoms with Crippen LogP contribution in [-0.4, -0.2) is 7.05 Å². The summed E-state index contributed by atoms with van der Waals surface area (Å²) in [4.78, 5) is 0. The maximum atomic E-state index is 3.46. The van der Waals surface area contributed by atoms with E-state index in [4.69, 9.17) is 0 Å². The van der Waals surface area contributed by atoms with Crippen molar-refractivity contribution in [2.75, 3.05) is 7.05 Å². The first-order chi connectivity index (χ1) is 9.31. The molecular formula is C18H31N. The van der Waals surface area contributed by atoms with E-state index in [1.54, 1.807) is 0 Å². The van der Waals surface area contributed by atoms with Gasteiger partial charge in [0.25, 0.3) is 0 Å². The van der Waals surface area contributed by atoms with Gasteiger partial charge in [-0.05, 0) is 31.0 Å². The standard InChI is InChI=1S/C18H31N/c1-4-6-7-8-9-10-11-18(19-3)17-14-12-16(5-2)13-15-17/h12-15,18-19H,4-11H2,1-3H3. The number of hydrogen-bond acceptors (Lipinski definition) is 1. The number of benzene rings is 1. The fourth-order valence-corrected chi connectivity index (χ4v) is 2.59. The Hall–Kier alpha value is -0.820. The van der Waals surface area contributed by atoms with Gasteiger partial charge in [0, 0.05) is 6.04 Å². The minimum absolute atomic E-state index is 0.525. The first-order valence-electron chi connectivity index (χ1n) is 8.07. The first kappa shape index (κ1) is 16.2. The zero-order chi connectivity index (χ0) is 13.9. The first-order valence-corrected chi connectivity index (χ1v) is 8.07. The van der Waals surface area contributed by atoms with E-state index in [9.17, 15) is 0 Å². The van der Waals surface area contributed by atoms with Crippen molar-refractivity contribution in [2.24, 2.45) is 0 Å². The van der Waals surface area contributed by atoms with Crippen LogP contribution in [0.5, 0.6) is 0 Å². The van der Waals surface area contributed by atoms with Crippen LogP contribution >= 0.6 is 0 Å². The SMILES string of the molecule is CCCCCCCCC(NC)c1ccc(CC)cc1. The molecule has 0 bridgehead atoms. The molecule has 0 heterocycles. The summed E-state index contributed by atoms with van der Waals surface area (Å²) in [6, 6.07) is 9.63. The topological polar surface area (TPSA) is 12.0 Å². The van der Waals surface area contributed by atoms with Gasteiger partial charge < -0.3 is 5.32 Å². The molecule has 1 atom stereocenters. The second-order valence-corrected chi connectivity index (χ2v) is 5.49. The van der Waals surface area contributed by atoms with Crippen LogP contribution in [0.15, 0.2) is 24.3 Å². The zero-order valence-electron chi connectivity index (χ0n) is 13.0. The van der Waals surface area contributed by atoms with Gasteiger partial charge in [0.1, 0.15) is 0 Å². The molecule has 0 amide bonds. The van der Waals surface area contributed by atoms with Crippen LogP contribution < -0.4 is 5.32 Å². The van der Waals surface area contributed by atoms with Gasteiger partial charge in [-0.3, -0.25) is 0 Å². The van der Waals surface area contributed by atoms with Gasteiger partial charge in [0.2, 0.25) is 0 Å². The number of unbranched alkanes of at least 4 members (excludes halogenated alkanes) is 5. The third-order valence-corrected chi connectivity index (χ3v) is 3.99. The molecule has 1 unspecified atom stereocenters. The predicted molar refractivity (Wildman–Crippen MR) is 85.6 cm³/mol. The average molecular weight is 261 g/mol. The van der Waals surface area contributed by atoms with Crippen molar-refractivity contribution in [2.45, 2.75) is 71.3 Å². The highest BCUT2D eigenvalue weighted by molar-refractivity contribution is 5.24. The molecule has 0 saturated heterocycles. The maximum Gasteiger partial charge on any atom is 0.0317 e. The van der Waals surface area contributed by atoms with Crippen LogP contribution in [0, 0.1) is 0 Å². The Bertz CT molecular complexity index is 315. The van der Waals surface area contributed by atoms with Crippen molar-refractivity contribution in [3.63, 3.8) is 0 Å². The summed E-state index contributed by atoms with van der Waals surface area (Å²) in [5, 5.41) is 3.46. The fourth-order valence-electron chi connectivity index (χ4n) is 2.59. The van der Waals surface area contributed by atoms with Gasteiger partial charge >= 0.3 is 0 Å². The van der Waals surface area contributed by atoms with Gasteiger partial charge in [0.05, 0.1) is 0 Å². The van der Waals surface area contributed by atoms with Crippen LogP contribution in [0.2, 0.25) is 0 Å². The minimum atomic E-state index is 0.525. The Kier molecular flexibility index (Phi) is 8.57. The monoisotopic (exact) mass is 261 g/mol. The summed E-state index contributed by atoms with van der Waals surface area (Å²) in [7, 11) is 2.08. The van der Waals surface area contributed by atoms with Crippen LogP contribution in [0.4, 0.5) is 0 Å². The second-order valence-electron chi connectivity index (χ2n) is 5.49. The average Bonchev–Trinajstić information content (AvgIpc) is 2.47. The maximum absolute atomic E-state index is 3.46. The quantitative estimate of drug-likeness (QED) is 0.566. The highest BCUT2D eigenvalue weighted by Gasteiger charge is 2.08. The summed E-state index contributed by atoms with van der Waals surface area (Å²) >= 11 is 0. The van der Waals surface area contributed by atoms with E-state index in [1.165, 1.54) is 56.1 Å². The highest BCUT2D eigenvalue weighted by atomic mass is 14.9. The molecule has 0 fully saturated rings. The van der Waals surface area contributed by atoms with Crippen molar-refractivity contribution in [3.05, 3.63) is 35.4 Å².